The second-order valence-corrected chi connectivity index (χ2v) is 6.71. The molecule has 1 atom stereocenters. The molecule has 3 heterocycles. The normalized spacial score (nSPS) is 18.0. The first-order valence-corrected chi connectivity index (χ1v) is 8.04. The molecule has 114 valence electrons. The molecule has 0 aromatic carbocycles. The summed E-state index contributed by atoms with van der Waals surface area (Å²) in [5, 5.41) is 18.3. The number of halogens is 1. The van der Waals surface area contributed by atoms with Crippen molar-refractivity contribution in [1.82, 2.24) is 19.9 Å². The lowest BCUT2D eigenvalue weighted by molar-refractivity contribution is 0.0107. The van der Waals surface area contributed by atoms with Gasteiger partial charge in [-0.15, -0.1) is 16.4 Å². The van der Waals surface area contributed by atoms with Crippen molar-refractivity contribution < 1.29 is 9.84 Å². The molecule has 2 aromatic heterocycles. The number of hydrogen-bond acceptors (Lipinski definition) is 6. The molecule has 1 unspecified atom stereocenters. The van der Waals surface area contributed by atoms with E-state index in [0.717, 1.165) is 41.2 Å². The standard InChI is InChI=1S/C13H17ClN4O2S/c14-13-2-1-12(21-13)11-9-18(16-15-11)8-10(19)7-17-3-5-20-6-4-17/h1-2,9-10,19H,3-8H2. The summed E-state index contributed by atoms with van der Waals surface area (Å²) < 4.78 is 7.70. The molecule has 1 fully saturated rings. The van der Waals surface area contributed by atoms with Crippen LogP contribution in [0.1, 0.15) is 0 Å². The van der Waals surface area contributed by atoms with Crippen LogP contribution in [0.4, 0.5) is 0 Å². The Morgan fingerprint density at radius 3 is 2.86 bits per heavy atom. The Hall–Kier alpha value is -0.990. The molecule has 1 aliphatic rings. The predicted molar refractivity (Wildman–Crippen MR) is 81.6 cm³/mol. The lowest BCUT2D eigenvalue weighted by atomic mass is 10.3. The van der Waals surface area contributed by atoms with Gasteiger partial charge in [-0.05, 0) is 12.1 Å². The van der Waals surface area contributed by atoms with E-state index in [1.54, 1.807) is 4.68 Å². The Bertz CT molecular complexity index is 582. The number of nitrogens with zero attached hydrogens (tertiary/aromatic N) is 4. The second-order valence-electron chi connectivity index (χ2n) is 5.00. The van der Waals surface area contributed by atoms with E-state index in [4.69, 9.17) is 16.3 Å². The smallest absolute Gasteiger partial charge is 0.123 e. The first-order valence-electron chi connectivity index (χ1n) is 6.85. The molecule has 1 N–H and O–H groups in total. The highest BCUT2D eigenvalue weighted by Gasteiger charge is 2.16. The van der Waals surface area contributed by atoms with Gasteiger partial charge in [-0.1, -0.05) is 16.8 Å². The highest BCUT2D eigenvalue weighted by atomic mass is 35.5. The molecule has 8 heteroatoms. The van der Waals surface area contributed by atoms with Gasteiger partial charge in [0.2, 0.25) is 0 Å². The van der Waals surface area contributed by atoms with Crippen LogP contribution in [0, 0.1) is 0 Å². The summed E-state index contributed by atoms with van der Waals surface area (Å²) >= 11 is 7.38. The van der Waals surface area contributed by atoms with Crippen molar-refractivity contribution in [3.8, 4) is 10.6 Å². The lowest BCUT2D eigenvalue weighted by Gasteiger charge is -2.28. The zero-order chi connectivity index (χ0) is 14.7. The summed E-state index contributed by atoms with van der Waals surface area (Å²) in [4.78, 5) is 3.18. The SMILES string of the molecule is OC(CN1CCOCC1)Cn1cc(-c2ccc(Cl)s2)nn1. The van der Waals surface area contributed by atoms with Gasteiger partial charge in [-0.2, -0.15) is 0 Å². The molecule has 0 amide bonds. The van der Waals surface area contributed by atoms with Gasteiger partial charge in [0.25, 0.3) is 0 Å². The molecule has 0 bridgehead atoms. The number of ether oxygens (including phenoxy) is 1. The monoisotopic (exact) mass is 328 g/mol. The van der Waals surface area contributed by atoms with Gasteiger partial charge in [-0.25, -0.2) is 4.68 Å². The quantitative estimate of drug-likeness (QED) is 0.897. The van der Waals surface area contributed by atoms with Crippen molar-refractivity contribution in [3.63, 3.8) is 0 Å². The van der Waals surface area contributed by atoms with E-state index in [9.17, 15) is 5.11 Å². The summed E-state index contributed by atoms with van der Waals surface area (Å²) in [5.41, 5.74) is 0.783. The van der Waals surface area contributed by atoms with E-state index >= 15 is 0 Å². The minimum Gasteiger partial charge on any atom is -0.390 e. The summed E-state index contributed by atoms with van der Waals surface area (Å²) in [6, 6.07) is 3.76. The van der Waals surface area contributed by atoms with Crippen molar-refractivity contribution in [3.05, 3.63) is 22.7 Å². The molecule has 0 saturated carbocycles. The maximum atomic E-state index is 10.1. The molecule has 0 spiro atoms. The van der Waals surface area contributed by atoms with Crippen LogP contribution < -0.4 is 0 Å². The van der Waals surface area contributed by atoms with Gasteiger partial charge in [0.15, 0.2) is 0 Å². The molecular formula is C13H17ClN4O2S. The number of thiophene rings is 1. The Morgan fingerprint density at radius 2 is 2.14 bits per heavy atom. The van der Waals surface area contributed by atoms with E-state index in [2.05, 4.69) is 15.2 Å². The van der Waals surface area contributed by atoms with Gasteiger partial charge in [0, 0.05) is 19.6 Å². The Morgan fingerprint density at radius 1 is 1.33 bits per heavy atom. The minimum absolute atomic E-state index is 0.434. The van der Waals surface area contributed by atoms with Gasteiger partial charge >= 0.3 is 0 Å². The van der Waals surface area contributed by atoms with E-state index in [1.165, 1.54) is 11.3 Å². The van der Waals surface area contributed by atoms with Gasteiger partial charge in [-0.3, -0.25) is 4.90 Å². The molecule has 2 aromatic rings. The van der Waals surface area contributed by atoms with Gasteiger partial charge < -0.3 is 9.84 Å². The first kappa shape index (κ1) is 14.9. The molecule has 0 aliphatic carbocycles. The molecule has 1 saturated heterocycles. The van der Waals surface area contributed by atoms with Crippen LogP contribution in [-0.2, 0) is 11.3 Å². The van der Waals surface area contributed by atoms with Crippen LogP contribution in [0.2, 0.25) is 4.34 Å². The summed E-state index contributed by atoms with van der Waals surface area (Å²) in [6.45, 7) is 4.27. The Balaban J connectivity index is 1.56. The van der Waals surface area contributed by atoms with E-state index in [-0.39, 0.29) is 0 Å². The van der Waals surface area contributed by atoms with Gasteiger partial charge in [0.05, 0.1) is 41.3 Å². The average Bonchev–Trinajstić information content (AvgIpc) is 3.09. The Kier molecular flexibility index (Phi) is 4.87. The van der Waals surface area contributed by atoms with Crippen molar-refractivity contribution in [2.75, 3.05) is 32.8 Å². The number of aromatic nitrogens is 3. The van der Waals surface area contributed by atoms with Crippen molar-refractivity contribution >= 4 is 22.9 Å². The number of β-amino-alcohol motifs (C(OH)–C–C–N with tert-alkyl or cyclic N) is 1. The highest BCUT2D eigenvalue weighted by molar-refractivity contribution is 7.19. The van der Waals surface area contributed by atoms with Crippen molar-refractivity contribution in [2.45, 2.75) is 12.6 Å². The molecular weight excluding hydrogens is 312 g/mol. The third kappa shape index (κ3) is 4.02. The Labute approximate surface area is 131 Å². The van der Waals surface area contributed by atoms with E-state index < -0.39 is 6.10 Å². The van der Waals surface area contributed by atoms with Crippen molar-refractivity contribution in [1.29, 1.82) is 0 Å². The number of aliphatic hydroxyl groups is 1. The third-order valence-corrected chi connectivity index (χ3v) is 4.59. The van der Waals surface area contributed by atoms with Crippen LogP contribution in [0.25, 0.3) is 10.6 Å². The van der Waals surface area contributed by atoms with Crippen molar-refractivity contribution in [2.24, 2.45) is 0 Å². The molecule has 0 radical (unpaired) electrons. The summed E-state index contributed by atoms with van der Waals surface area (Å²) in [7, 11) is 0. The van der Waals surface area contributed by atoms with Gasteiger partial charge in [0.1, 0.15) is 5.69 Å². The fourth-order valence-corrected chi connectivity index (χ4v) is 3.30. The highest BCUT2D eigenvalue weighted by Crippen LogP contribution is 2.29. The molecule has 3 rings (SSSR count). The average molecular weight is 329 g/mol. The number of rotatable bonds is 5. The van der Waals surface area contributed by atoms with Crippen LogP contribution in [0.15, 0.2) is 18.3 Å². The van der Waals surface area contributed by atoms with Crippen LogP contribution in [0.5, 0.6) is 0 Å². The largest absolute Gasteiger partial charge is 0.390 e. The fraction of sp³-hybridized carbons (Fsp3) is 0.538. The summed E-state index contributed by atoms with van der Waals surface area (Å²) in [5.74, 6) is 0. The van der Waals surface area contributed by atoms with Crippen LogP contribution in [-0.4, -0.2) is 64.0 Å². The molecule has 1 aliphatic heterocycles. The maximum Gasteiger partial charge on any atom is 0.123 e. The van der Waals surface area contributed by atoms with E-state index in [0.29, 0.717) is 13.1 Å². The predicted octanol–water partition coefficient (Wildman–Crippen LogP) is 1.35. The maximum absolute atomic E-state index is 10.1. The lowest BCUT2D eigenvalue weighted by Crippen LogP contribution is -2.42. The van der Waals surface area contributed by atoms with Crippen LogP contribution in [0.3, 0.4) is 0 Å². The second kappa shape index (κ2) is 6.85. The summed E-state index contributed by atoms with van der Waals surface area (Å²) in [6.07, 6.45) is 1.37. The zero-order valence-electron chi connectivity index (χ0n) is 11.5. The third-order valence-electron chi connectivity index (χ3n) is 3.33. The number of aliphatic hydroxyl groups excluding tert-OH is 1. The number of hydrogen-bond donors (Lipinski definition) is 1. The molecule has 6 nitrogen and oxygen atoms in total. The first-order chi connectivity index (χ1) is 10.2. The number of morpholine rings is 1. The zero-order valence-corrected chi connectivity index (χ0v) is 13.1. The topological polar surface area (TPSA) is 63.4 Å². The van der Waals surface area contributed by atoms with E-state index in [1.807, 2.05) is 18.3 Å². The molecule has 21 heavy (non-hydrogen) atoms. The minimum atomic E-state index is -0.468. The van der Waals surface area contributed by atoms with Crippen LogP contribution >= 0.6 is 22.9 Å². The fourth-order valence-electron chi connectivity index (χ4n) is 2.31.